The Balaban J connectivity index is 0.000000193. The zero-order valence-corrected chi connectivity index (χ0v) is 25.1. The molecular formula is C32H25Cl2F3N2O4S. The summed E-state index contributed by atoms with van der Waals surface area (Å²) >= 11 is 9.53. The number of hydrogen-bond acceptors (Lipinski definition) is 5. The molecule has 0 saturated carbocycles. The number of alkyl halides is 5. The number of hydrogen-bond donors (Lipinski definition) is 1. The highest BCUT2D eigenvalue weighted by atomic mass is 35.5. The molecular weight excluding hydrogens is 636 g/mol. The second-order valence-corrected chi connectivity index (χ2v) is 11.6. The number of allylic oxidation sites excluding steroid dienone is 2. The standard InChI is InChI=1S/C16H10F3NO3S.C15H13NO.CH2Cl2/c17-16(18,19)24(21,22)23-15-10-13(11-6-2-1-3-7-11)12-8-4-5-9-14(12)20-15;17-15-10-13(11-6-2-1-3-7-11)12-8-4-5-9-14(12)16-15;2-1-3/h1-10H;1-10,12,14H,(H,16,17);1H2. The third-order valence-corrected chi connectivity index (χ3v) is 7.41. The van der Waals surface area contributed by atoms with Gasteiger partial charge < -0.3 is 9.50 Å². The van der Waals surface area contributed by atoms with Gasteiger partial charge in [0.05, 0.1) is 16.9 Å². The van der Waals surface area contributed by atoms with E-state index in [1.165, 1.54) is 6.07 Å². The molecule has 1 N–H and O–H groups in total. The van der Waals surface area contributed by atoms with E-state index in [1.54, 1.807) is 60.7 Å². The summed E-state index contributed by atoms with van der Waals surface area (Å²) in [5.41, 5.74) is -1.75. The number of rotatable bonds is 4. The van der Waals surface area contributed by atoms with Gasteiger partial charge >= 0.3 is 15.6 Å². The van der Waals surface area contributed by atoms with Gasteiger partial charge in [-0.15, -0.1) is 23.2 Å². The van der Waals surface area contributed by atoms with Crippen molar-refractivity contribution in [1.82, 2.24) is 10.3 Å². The monoisotopic (exact) mass is 660 g/mol. The summed E-state index contributed by atoms with van der Waals surface area (Å²) in [7, 11) is -5.78. The summed E-state index contributed by atoms with van der Waals surface area (Å²) in [4.78, 5) is 15.5. The van der Waals surface area contributed by atoms with Gasteiger partial charge in [0.2, 0.25) is 11.8 Å². The molecule has 1 aliphatic carbocycles. The van der Waals surface area contributed by atoms with Crippen molar-refractivity contribution in [3.8, 4) is 17.0 Å². The van der Waals surface area contributed by atoms with Crippen molar-refractivity contribution in [2.45, 2.75) is 11.6 Å². The third kappa shape index (κ3) is 8.07. The number of nitrogens with one attached hydrogen (secondary N) is 1. The smallest absolute Gasteiger partial charge is 0.355 e. The van der Waals surface area contributed by atoms with E-state index in [2.05, 4.69) is 20.6 Å². The lowest BCUT2D eigenvalue weighted by Crippen LogP contribution is -2.42. The fourth-order valence-electron chi connectivity index (χ4n) is 4.60. The van der Waals surface area contributed by atoms with Crippen LogP contribution < -0.4 is 9.50 Å². The van der Waals surface area contributed by atoms with Gasteiger partial charge in [-0.25, -0.2) is 4.98 Å². The minimum atomic E-state index is -5.78. The number of nitrogens with zero attached hydrogens (tertiary/aromatic N) is 1. The van der Waals surface area contributed by atoms with Gasteiger partial charge in [-0.05, 0) is 28.3 Å². The van der Waals surface area contributed by atoms with Crippen LogP contribution in [-0.2, 0) is 14.9 Å². The fourth-order valence-corrected chi connectivity index (χ4v) is 5.01. The number of aromatic nitrogens is 1. The highest BCUT2D eigenvalue weighted by Gasteiger charge is 2.49. The largest absolute Gasteiger partial charge is 0.534 e. The number of halogens is 5. The molecule has 6 nitrogen and oxygen atoms in total. The average Bonchev–Trinajstić information content (AvgIpc) is 3.01. The van der Waals surface area contributed by atoms with Gasteiger partial charge in [-0.2, -0.15) is 21.6 Å². The Morgan fingerprint density at radius 2 is 1.41 bits per heavy atom. The Bertz CT molecular complexity index is 1800. The molecule has 228 valence electrons. The van der Waals surface area contributed by atoms with Crippen LogP contribution in [0.4, 0.5) is 13.2 Å². The molecule has 0 fully saturated rings. The van der Waals surface area contributed by atoms with E-state index in [0.717, 1.165) is 11.1 Å². The predicted octanol–water partition coefficient (Wildman–Crippen LogP) is 7.86. The maximum Gasteiger partial charge on any atom is 0.534 e. The summed E-state index contributed by atoms with van der Waals surface area (Å²) in [5, 5.41) is 3.83. The van der Waals surface area contributed by atoms with Crippen molar-refractivity contribution < 1.29 is 30.6 Å². The van der Waals surface area contributed by atoms with Crippen LogP contribution in [0, 0.1) is 5.92 Å². The van der Waals surface area contributed by atoms with Crippen LogP contribution in [0.2, 0.25) is 0 Å². The molecule has 1 aromatic heterocycles. The fraction of sp³-hybridized carbons (Fsp3) is 0.125. The SMILES string of the molecule is ClCCl.O=C1C=C(c2ccccc2)C2C=CC=CC2N1.O=S(=O)(Oc1cc(-c2ccccc2)c2ccccc2n1)C(F)(F)F. The maximum absolute atomic E-state index is 12.5. The van der Waals surface area contributed by atoms with Gasteiger partial charge in [0.1, 0.15) is 0 Å². The van der Waals surface area contributed by atoms with Crippen LogP contribution in [0.25, 0.3) is 27.6 Å². The quantitative estimate of drug-likeness (QED) is 0.137. The minimum absolute atomic E-state index is 0.00921. The lowest BCUT2D eigenvalue weighted by atomic mass is 9.82. The van der Waals surface area contributed by atoms with Crippen LogP contribution in [-0.4, -0.2) is 36.2 Å². The van der Waals surface area contributed by atoms with Crippen LogP contribution in [0.5, 0.6) is 5.88 Å². The van der Waals surface area contributed by atoms with Crippen LogP contribution in [0.1, 0.15) is 5.56 Å². The highest BCUT2D eigenvalue weighted by Crippen LogP contribution is 2.34. The van der Waals surface area contributed by atoms with Crippen molar-refractivity contribution >= 4 is 55.7 Å². The predicted molar refractivity (Wildman–Crippen MR) is 167 cm³/mol. The van der Waals surface area contributed by atoms with E-state index in [4.69, 9.17) is 23.2 Å². The topological polar surface area (TPSA) is 85.4 Å². The Hall–Kier alpha value is -4.12. The van der Waals surface area contributed by atoms with Crippen molar-refractivity contribution in [1.29, 1.82) is 0 Å². The van der Waals surface area contributed by atoms with E-state index < -0.39 is 21.5 Å². The molecule has 4 aromatic rings. The molecule has 0 saturated heterocycles. The van der Waals surface area contributed by atoms with Gasteiger partial charge in [0.25, 0.3) is 0 Å². The summed E-state index contributed by atoms with van der Waals surface area (Å²) in [5.74, 6) is -0.393. The highest BCUT2D eigenvalue weighted by molar-refractivity contribution is 7.87. The van der Waals surface area contributed by atoms with Crippen molar-refractivity contribution in [2.75, 3.05) is 5.34 Å². The Kier molecular flexibility index (Phi) is 10.9. The third-order valence-electron chi connectivity index (χ3n) is 6.45. The molecule has 3 aromatic carbocycles. The first-order valence-corrected chi connectivity index (χ1v) is 15.5. The zero-order chi connectivity index (χ0) is 31.7. The number of para-hydroxylation sites is 1. The molecule has 44 heavy (non-hydrogen) atoms. The van der Waals surface area contributed by atoms with Crippen molar-refractivity contribution in [3.05, 3.63) is 127 Å². The molecule has 2 aliphatic rings. The second-order valence-electron chi connectivity index (χ2n) is 9.27. The summed E-state index contributed by atoms with van der Waals surface area (Å²) < 4.78 is 64.2. The van der Waals surface area contributed by atoms with Gasteiger partial charge in [0, 0.05) is 23.4 Å². The first-order chi connectivity index (χ1) is 21.0. The Morgan fingerprint density at radius 3 is 2.05 bits per heavy atom. The molecule has 2 unspecified atom stereocenters. The first kappa shape index (κ1) is 32.8. The van der Waals surface area contributed by atoms with Crippen LogP contribution in [0.15, 0.2) is 121 Å². The first-order valence-electron chi connectivity index (χ1n) is 13.0. The lowest BCUT2D eigenvalue weighted by Gasteiger charge is -2.31. The van der Waals surface area contributed by atoms with E-state index in [1.807, 2.05) is 48.6 Å². The molecule has 2 heterocycles. The van der Waals surface area contributed by atoms with Crippen molar-refractivity contribution in [3.63, 3.8) is 0 Å². The molecule has 6 rings (SSSR count). The zero-order valence-electron chi connectivity index (χ0n) is 22.8. The maximum atomic E-state index is 12.5. The summed E-state index contributed by atoms with van der Waals surface area (Å²) in [6.45, 7) is 0. The number of carbonyl (C=O) groups is 1. The van der Waals surface area contributed by atoms with E-state index in [0.29, 0.717) is 22.0 Å². The molecule has 0 spiro atoms. The van der Waals surface area contributed by atoms with Gasteiger partial charge in [-0.1, -0.05) is 103 Å². The molecule has 0 bridgehead atoms. The number of benzene rings is 3. The number of fused-ring (bicyclic) bond motifs is 2. The molecule has 0 radical (unpaired) electrons. The average molecular weight is 662 g/mol. The molecule has 2 atom stereocenters. The number of pyridine rings is 1. The second kappa shape index (κ2) is 14.6. The van der Waals surface area contributed by atoms with Crippen LogP contribution in [0.3, 0.4) is 0 Å². The lowest BCUT2D eigenvalue weighted by molar-refractivity contribution is -0.117. The van der Waals surface area contributed by atoms with E-state index in [-0.39, 0.29) is 23.2 Å². The molecule has 12 heteroatoms. The van der Waals surface area contributed by atoms with Crippen molar-refractivity contribution in [2.24, 2.45) is 5.92 Å². The molecule has 1 aliphatic heterocycles. The molecule has 1 amide bonds. The van der Waals surface area contributed by atoms with Gasteiger partial charge in [-0.3, -0.25) is 4.79 Å². The van der Waals surface area contributed by atoms with Crippen LogP contribution >= 0.6 is 23.2 Å². The Morgan fingerprint density at radius 1 is 0.841 bits per heavy atom. The number of carbonyl (C=O) groups excluding carboxylic acids is 1. The summed E-state index contributed by atoms with van der Waals surface area (Å²) in [6, 6.07) is 26.9. The normalized spacial score (nSPS) is 17.2. The minimum Gasteiger partial charge on any atom is -0.355 e. The summed E-state index contributed by atoms with van der Waals surface area (Å²) in [6.07, 6.45) is 9.91. The van der Waals surface area contributed by atoms with E-state index >= 15 is 0 Å². The van der Waals surface area contributed by atoms with Gasteiger partial charge in [0.15, 0.2) is 0 Å². The Labute approximate surface area is 262 Å². The van der Waals surface area contributed by atoms with E-state index in [9.17, 15) is 26.4 Å². The number of amides is 1.